The topological polar surface area (TPSA) is 58.2 Å². The van der Waals surface area contributed by atoms with Crippen molar-refractivity contribution in [1.29, 1.82) is 0 Å². The second kappa shape index (κ2) is 11.5. The van der Waals surface area contributed by atoms with Crippen LogP contribution < -0.4 is 10.6 Å². The highest BCUT2D eigenvalue weighted by molar-refractivity contribution is 8.00. The first-order valence-electron chi connectivity index (χ1n) is 10.9. The van der Waals surface area contributed by atoms with Crippen molar-refractivity contribution in [3.05, 3.63) is 124 Å². The lowest BCUT2D eigenvalue weighted by Gasteiger charge is -2.18. The molecular formula is C28H22Cl2N2O2S. The zero-order chi connectivity index (χ0) is 24.8. The molecule has 2 amide bonds. The summed E-state index contributed by atoms with van der Waals surface area (Å²) in [6, 6.07) is 29.4. The van der Waals surface area contributed by atoms with E-state index in [1.807, 2.05) is 79.7 Å². The van der Waals surface area contributed by atoms with Crippen LogP contribution in [0.4, 0.5) is 11.4 Å². The Morgan fingerprint density at radius 1 is 0.800 bits per heavy atom. The van der Waals surface area contributed by atoms with Crippen LogP contribution in [0.1, 0.15) is 26.7 Å². The van der Waals surface area contributed by atoms with Gasteiger partial charge >= 0.3 is 0 Å². The number of benzene rings is 4. The molecule has 4 nitrogen and oxygen atoms in total. The summed E-state index contributed by atoms with van der Waals surface area (Å²) in [5.41, 5.74) is 3.58. The van der Waals surface area contributed by atoms with E-state index in [1.54, 1.807) is 24.3 Å². The highest BCUT2D eigenvalue weighted by atomic mass is 35.5. The van der Waals surface area contributed by atoms with Crippen molar-refractivity contribution in [3.8, 4) is 0 Å². The Balaban J connectivity index is 1.50. The smallest absolute Gasteiger partial charge is 0.255 e. The van der Waals surface area contributed by atoms with Crippen LogP contribution in [0, 0.1) is 6.92 Å². The zero-order valence-corrected chi connectivity index (χ0v) is 21.1. The minimum atomic E-state index is -0.518. The number of carbonyl (C=O) groups is 2. The van der Waals surface area contributed by atoms with E-state index in [2.05, 4.69) is 10.6 Å². The molecule has 0 bridgehead atoms. The van der Waals surface area contributed by atoms with Crippen LogP contribution in [0.2, 0.25) is 10.0 Å². The van der Waals surface area contributed by atoms with E-state index >= 15 is 0 Å². The molecule has 0 fully saturated rings. The van der Waals surface area contributed by atoms with Crippen LogP contribution >= 0.6 is 35.0 Å². The molecular weight excluding hydrogens is 499 g/mol. The minimum Gasteiger partial charge on any atom is -0.323 e. The third-order valence-corrected chi connectivity index (χ3v) is 7.10. The maximum Gasteiger partial charge on any atom is 0.255 e. The summed E-state index contributed by atoms with van der Waals surface area (Å²) in [6.45, 7) is 1.90. The molecule has 4 rings (SSSR count). The van der Waals surface area contributed by atoms with Gasteiger partial charge in [0.2, 0.25) is 5.91 Å². The largest absolute Gasteiger partial charge is 0.323 e. The molecule has 0 spiro atoms. The number of halogens is 2. The van der Waals surface area contributed by atoms with Gasteiger partial charge in [-0.1, -0.05) is 71.7 Å². The highest BCUT2D eigenvalue weighted by Gasteiger charge is 2.23. The number of amides is 2. The number of rotatable bonds is 7. The summed E-state index contributed by atoms with van der Waals surface area (Å²) < 4.78 is 0. The minimum absolute atomic E-state index is 0.162. The Morgan fingerprint density at radius 2 is 1.49 bits per heavy atom. The van der Waals surface area contributed by atoms with E-state index in [0.717, 1.165) is 16.0 Å². The van der Waals surface area contributed by atoms with Gasteiger partial charge in [0, 0.05) is 21.2 Å². The van der Waals surface area contributed by atoms with Crippen molar-refractivity contribution < 1.29 is 9.59 Å². The number of carbonyl (C=O) groups excluding carboxylic acids is 2. The Bertz CT molecular complexity index is 1340. The Hall–Kier alpha value is -3.25. The third-order valence-electron chi connectivity index (χ3n) is 5.29. The van der Waals surface area contributed by atoms with E-state index in [9.17, 15) is 9.59 Å². The van der Waals surface area contributed by atoms with Crippen molar-refractivity contribution in [3.63, 3.8) is 0 Å². The fourth-order valence-electron chi connectivity index (χ4n) is 3.47. The molecule has 4 aromatic rings. The van der Waals surface area contributed by atoms with Crippen LogP contribution in [0.5, 0.6) is 0 Å². The Morgan fingerprint density at radius 3 is 2.17 bits per heavy atom. The molecule has 0 radical (unpaired) electrons. The molecule has 0 aliphatic rings. The van der Waals surface area contributed by atoms with Gasteiger partial charge in [-0.3, -0.25) is 9.59 Å². The summed E-state index contributed by atoms with van der Waals surface area (Å²) in [6.07, 6.45) is 0. The average Bonchev–Trinajstić information content (AvgIpc) is 2.86. The van der Waals surface area contributed by atoms with E-state index < -0.39 is 5.25 Å². The predicted molar refractivity (Wildman–Crippen MR) is 146 cm³/mol. The predicted octanol–water partition coefficient (Wildman–Crippen LogP) is 8.03. The number of hydrogen-bond acceptors (Lipinski definition) is 3. The van der Waals surface area contributed by atoms with Gasteiger partial charge in [-0.15, -0.1) is 11.8 Å². The van der Waals surface area contributed by atoms with E-state index in [1.165, 1.54) is 11.8 Å². The van der Waals surface area contributed by atoms with Gasteiger partial charge in [0.15, 0.2) is 0 Å². The van der Waals surface area contributed by atoms with Crippen molar-refractivity contribution in [2.45, 2.75) is 17.1 Å². The summed E-state index contributed by atoms with van der Waals surface area (Å²) >= 11 is 13.6. The first kappa shape index (κ1) is 24.9. The van der Waals surface area contributed by atoms with Gasteiger partial charge in [0.1, 0.15) is 5.25 Å². The molecule has 1 unspecified atom stereocenters. The SMILES string of the molecule is Cc1ccccc1C(=O)Nc1ccc(SC(C(=O)Nc2ccc(Cl)cc2Cl)c2ccccc2)cc1. The van der Waals surface area contributed by atoms with Crippen LogP contribution in [-0.2, 0) is 4.79 Å². The number of anilines is 2. The molecule has 1 atom stereocenters. The Kier molecular flexibility index (Phi) is 8.13. The molecule has 35 heavy (non-hydrogen) atoms. The number of aryl methyl sites for hydroxylation is 1. The summed E-state index contributed by atoms with van der Waals surface area (Å²) in [4.78, 5) is 26.8. The van der Waals surface area contributed by atoms with Crippen LogP contribution in [0.25, 0.3) is 0 Å². The van der Waals surface area contributed by atoms with Gasteiger partial charge in [-0.05, 0) is 66.6 Å². The lowest BCUT2D eigenvalue weighted by Crippen LogP contribution is -2.19. The molecule has 0 aliphatic heterocycles. The number of thioether (sulfide) groups is 1. The second-order valence-electron chi connectivity index (χ2n) is 7.82. The molecule has 4 aromatic carbocycles. The standard InChI is InChI=1S/C28H22Cl2N2O2S/c1-18-7-5-6-10-23(18)27(33)31-21-12-14-22(15-13-21)35-26(19-8-3-2-4-9-19)28(34)32-25-16-11-20(29)17-24(25)30/h2-17,26H,1H3,(H,31,33)(H,32,34). The van der Waals surface area contributed by atoms with Crippen molar-refractivity contribution >= 4 is 58.2 Å². The van der Waals surface area contributed by atoms with Crippen LogP contribution in [-0.4, -0.2) is 11.8 Å². The normalized spacial score (nSPS) is 11.5. The second-order valence-corrected chi connectivity index (χ2v) is 9.84. The average molecular weight is 521 g/mol. The van der Waals surface area contributed by atoms with Crippen LogP contribution in [0.3, 0.4) is 0 Å². The molecule has 0 aliphatic carbocycles. The fourth-order valence-corrected chi connectivity index (χ4v) is 4.95. The van der Waals surface area contributed by atoms with Gasteiger partial charge in [-0.2, -0.15) is 0 Å². The molecule has 0 aromatic heterocycles. The van der Waals surface area contributed by atoms with Crippen molar-refractivity contribution in [1.82, 2.24) is 0 Å². The van der Waals surface area contributed by atoms with Gasteiger partial charge in [0.25, 0.3) is 5.91 Å². The summed E-state index contributed by atoms with van der Waals surface area (Å²) in [7, 11) is 0. The lowest BCUT2D eigenvalue weighted by atomic mass is 10.1. The first-order valence-corrected chi connectivity index (χ1v) is 12.5. The maximum absolute atomic E-state index is 13.3. The maximum atomic E-state index is 13.3. The van der Waals surface area contributed by atoms with E-state index in [4.69, 9.17) is 23.2 Å². The van der Waals surface area contributed by atoms with Crippen LogP contribution in [0.15, 0.2) is 102 Å². The first-order chi connectivity index (χ1) is 16.9. The highest BCUT2D eigenvalue weighted by Crippen LogP contribution is 2.37. The van der Waals surface area contributed by atoms with Crippen molar-refractivity contribution in [2.24, 2.45) is 0 Å². The van der Waals surface area contributed by atoms with Crippen molar-refractivity contribution in [2.75, 3.05) is 10.6 Å². The molecule has 2 N–H and O–H groups in total. The number of nitrogens with one attached hydrogen (secondary N) is 2. The monoisotopic (exact) mass is 520 g/mol. The summed E-state index contributed by atoms with van der Waals surface area (Å²) in [5.74, 6) is -0.368. The number of hydrogen-bond donors (Lipinski definition) is 2. The van der Waals surface area contributed by atoms with E-state index in [0.29, 0.717) is 27.0 Å². The third kappa shape index (κ3) is 6.45. The fraction of sp³-hybridized carbons (Fsp3) is 0.0714. The summed E-state index contributed by atoms with van der Waals surface area (Å²) in [5, 5.41) is 6.18. The molecule has 176 valence electrons. The van der Waals surface area contributed by atoms with Gasteiger partial charge in [0.05, 0.1) is 10.7 Å². The molecule has 0 heterocycles. The lowest BCUT2D eigenvalue weighted by molar-refractivity contribution is -0.115. The van der Waals surface area contributed by atoms with E-state index in [-0.39, 0.29) is 11.8 Å². The molecule has 7 heteroatoms. The van der Waals surface area contributed by atoms with Gasteiger partial charge in [-0.25, -0.2) is 0 Å². The Labute approximate surface area is 218 Å². The quantitative estimate of drug-likeness (QED) is 0.242. The molecule has 0 saturated heterocycles. The molecule has 0 saturated carbocycles. The van der Waals surface area contributed by atoms with Gasteiger partial charge < -0.3 is 10.6 Å². The zero-order valence-electron chi connectivity index (χ0n) is 18.8.